The van der Waals surface area contributed by atoms with E-state index in [1.807, 2.05) is 36.1 Å². The highest BCUT2D eigenvalue weighted by Crippen LogP contribution is 2.35. The van der Waals surface area contributed by atoms with Crippen molar-refractivity contribution in [3.8, 4) is 11.3 Å². The number of nitrogens with one attached hydrogen (secondary N) is 1. The van der Waals surface area contributed by atoms with E-state index in [0.717, 1.165) is 47.8 Å². The van der Waals surface area contributed by atoms with E-state index < -0.39 is 0 Å². The number of urea groups is 1. The van der Waals surface area contributed by atoms with E-state index in [1.165, 1.54) is 0 Å². The van der Waals surface area contributed by atoms with Crippen LogP contribution in [0.25, 0.3) is 22.1 Å². The van der Waals surface area contributed by atoms with Gasteiger partial charge in [-0.15, -0.1) is 0 Å². The van der Waals surface area contributed by atoms with E-state index in [0.29, 0.717) is 11.7 Å². The van der Waals surface area contributed by atoms with Crippen LogP contribution >= 0.6 is 0 Å². The number of rotatable bonds is 2. The summed E-state index contributed by atoms with van der Waals surface area (Å²) in [6, 6.07) is 8.52. The molecule has 28 heavy (non-hydrogen) atoms. The molecule has 2 aliphatic rings. The van der Waals surface area contributed by atoms with Gasteiger partial charge in [-0.1, -0.05) is 12.1 Å². The maximum Gasteiger partial charge on any atom is 0.323 e. The minimum absolute atomic E-state index is 0.0757. The number of carbonyl (C=O) groups excluding carboxylic acids is 1. The molecule has 144 valence electrons. The summed E-state index contributed by atoms with van der Waals surface area (Å²) in [5.74, 6) is 1.91. The number of aromatic nitrogens is 2. The lowest BCUT2D eigenvalue weighted by Crippen LogP contribution is -2.51. The Morgan fingerprint density at radius 1 is 1.14 bits per heavy atom. The molecule has 2 aromatic heterocycles. The largest absolute Gasteiger partial charge is 0.441 e. The van der Waals surface area contributed by atoms with Crippen LogP contribution in [0.1, 0.15) is 31.6 Å². The molecule has 7 nitrogen and oxygen atoms in total. The van der Waals surface area contributed by atoms with Gasteiger partial charge in [0.2, 0.25) is 0 Å². The van der Waals surface area contributed by atoms with Gasteiger partial charge >= 0.3 is 6.03 Å². The van der Waals surface area contributed by atoms with Gasteiger partial charge in [-0.3, -0.25) is 5.32 Å². The van der Waals surface area contributed by atoms with E-state index in [1.54, 1.807) is 12.4 Å². The Hall–Kier alpha value is -2.93. The zero-order valence-electron chi connectivity index (χ0n) is 15.8. The van der Waals surface area contributed by atoms with Gasteiger partial charge < -0.3 is 15.1 Å². The Morgan fingerprint density at radius 2 is 1.93 bits per heavy atom. The van der Waals surface area contributed by atoms with Crippen LogP contribution in [-0.4, -0.2) is 39.0 Å². The van der Waals surface area contributed by atoms with Crippen LogP contribution in [0, 0.1) is 6.92 Å². The van der Waals surface area contributed by atoms with Gasteiger partial charge in [0.1, 0.15) is 5.82 Å². The first kappa shape index (κ1) is 17.2. The number of hydrogen-bond acceptors (Lipinski definition) is 5. The Kier molecular flexibility index (Phi) is 4.05. The number of nitrogens with zero attached hydrogens (tertiary/aromatic N) is 3. The summed E-state index contributed by atoms with van der Waals surface area (Å²) in [5, 5.41) is 4.97. The first-order valence-electron chi connectivity index (χ1n) is 9.74. The quantitative estimate of drug-likeness (QED) is 0.710. The zero-order valence-corrected chi connectivity index (χ0v) is 15.8. The van der Waals surface area contributed by atoms with Crippen molar-refractivity contribution in [3.63, 3.8) is 0 Å². The van der Waals surface area contributed by atoms with Gasteiger partial charge in [0, 0.05) is 42.2 Å². The lowest BCUT2D eigenvalue weighted by atomic mass is 9.99. The molecular weight excluding hydrogens is 354 g/mol. The molecule has 0 radical (unpaired) electrons. The van der Waals surface area contributed by atoms with Gasteiger partial charge in [0.25, 0.3) is 0 Å². The highest BCUT2D eigenvalue weighted by Gasteiger charge is 2.42. The van der Waals surface area contributed by atoms with Crippen LogP contribution in [0.2, 0.25) is 0 Å². The molecule has 2 fully saturated rings. The van der Waals surface area contributed by atoms with Gasteiger partial charge in [0.15, 0.2) is 11.7 Å². The van der Waals surface area contributed by atoms with Gasteiger partial charge in [-0.25, -0.2) is 14.8 Å². The van der Waals surface area contributed by atoms with Crippen LogP contribution < -0.4 is 11.1 Å². The number of piperidine rings is 1. The molecule has 5 rings (SSSR count). The van der Waals surface area contributed by atoms with E-state index in [4.69, 9.17) is 10.2 Å². The summed E-state index contributed by atoms with van der Waals surface area (Å²) in [5.41, 5.74) is 7.06. The molecule has 1 aromatic carbocycles. The maximum atomic E-state index is 12.9. The zero-order chi connectivity index (χ0) is 19.3. The fourth-order valence-electron chi connectivity index (χ4n) is 4.58. The molecule has 7 heteroatoms. The third-order valence-corrected chi connectivity index (χ3v) is 5.87. The molecule has 3 atom stereocenters. The highest BCUT2D eigenvalue weighted by atomic mass is 16.4. The standard InChI is InChI=1S/C21H23N5O2/c1-12-23-11-19(28-12)13-2-3-14-10-24-20(7-15(14)6-13)25-21(27)26-17-4-5-18(26)9-16(22)8-17/h2-3,6-7,10-11,16-18H,4-5,8-9,22H2,1H3,(H,24,25,27)/t16-,17+,18-. The molecule has 2 bridgehead atoms. The summed E-state index contributed by atoms with van der Waals surface area (Å²) < 4.78 is 5.62. The van der Waals surface area contributed by atoms with Crippen LogP contribution in [0.4, 0.5) is 10.6 Å². The summed E-state index contributed by atoms with van der Waals surface area (Å²) in [4.78, 5) is 23.4. The van der Waals surface area contributed by atoms with Crippen LogP contribution in [0.15, 0.2) is 41.1 Å². The maximum absolute atomic E-state index is 12.9. The average molecular weight is 377 g/mol. The first-order valence-corrected chi connectivity index (χ1v) is 9.74. The number of anilines is 1. The second-order valence-corrected chi connectivity index (χ2v) is 7.83. The molecule has 0 unspecified atom stereocenters. The average Bonchev–Trinajstić information content (AvgIpc) is 3.22. The molecule has 3 N–H and O–H groups in total. The molecule has 2 saturated heterocycles. The molecule has 0 spiro atoms. The predicted octanol–water partition coefficient (Wildman–Crippen LogP) is 3.68. The lowest BCUT2D eigenvalue weighted by molar-refractivity contribution is 0.150. The monoisotopic (exact) mass is 377 g/mol. The van der Waals surface area contributed by atoms with Crippen molar-refractivity contribution >= 4 is 22.6 Å². The van der Waals surface area contributed by atoms with Gasteiger partial charge in [-0.05, 0) is 43.2 Å². The number of carbonyl (C=O) groups is 1. The third kappa shape index (κ3) is 3.01. The van der Waals surface area contributed by atoms with Crippen molar-refractivity contribution in [2.75, 3.05) is 5.32 Å². The van der Waals surface area contributed by atoms with Crippen molar-refractivity contribution in [1.82, 2.24) is 14.9 Å². The minimum Gasteiger partial charge on any atom is -0.441 e. The fraction of sp³-hybridized carbons (Fsp3) is 0.381. The van der Waals surface area contributed by atoms with Crippen LogP contribution in [-0.2, 0) is 0 Å². The number of hydrogen-bond donors (Lipinski definition) is 2. The number of aryl methyl sites for hydroxylation is 1. The molecule has 2 amide bonds. The Morgan fingerprint density at radius 3 is 2.64 bits per heavy atom. The smallest absolute Gasteiger partial charge is 0.323 e. The second-order valence-electron chi connectivity index (χ2n) is 7.83. The fourth-order valence-corrected chi connectivity index (χ4v) is 4.58. The molecule has 0 aliphatic carbocycles. The Bertz CT molecular complexity index is 1030. The SMILES string of the molecule is Cc1ncc(-c2ccc3cnc(NC(=O)N4[C@@H]5CC[C@H]4C[C@@H](N)C5)cc3c2)o1. The second kappa shape index (κ2) is 6.60. The molecule has 3 aromatic rings. The molecular formula is C21H23N5O2. The number of amides is 2. The van der Waals surface area contributed by atoms with Crippen LogP contribution in [0.5, 0.6) is 0 Å². The molecule has 2 aliphatic heterocycles. The molecule has 0 saturated carbocycles. The molecule has 4 heterocycles. The third-order valence-electron chi connectivity index (χ3n) is 5.87. The van der Waals surface area contributed by atoms with Crippen molar-refractivity contribution in [3.05, 3.63) is 42.5 Å². The number of nitrogens with two attached hydrogens (primary N) is 1. The first-order chi connectivity index (χ1) is 13.6. The summed E-state index contributed by atoms with van der Waals surface area (Å²) in [7, 11) is 0. The number of benzene rings is 1. The Balaban J connectivity index is 1.39. The predicted molar refractivity (Wildman–Crippen MR) is 107 cm³/mol. The topological polar surface area (TPSA) is 97.3 Å². The highest BCUT2D eigenvalue weighted by molar-refractivity contribution is 5.93. The number of fused-ring (bicyclic) bond motifs is 3. The normalized spacial score (nSPS) is 23.9. The summed E-state index contributed by atoms with van der Waals surface area (Å²) in [6.45, 7) is 1.82. The van der Waals surface area contributed by atoms with E-state index in [2.05, 4.69) is 15.3 Å². The van der Waals surface area contributed by atoms with Gasteiger partial charge in [-0.2, -0.15) is 0 Å². The van der Waals surface area contributed by atoms with E-state index >= 15 is 0 Å². The number of oxazole rings is 1. The summed E-state index contributed by atoms with van der Waals surface area (Å²) in [6.07, 6.45) is 7.34. The Labute approximate surface area is 162 Å². The minimum atomic E-state index is -0.0757. The summed E-state index contributed by atoms with van der Waals surface area (Å²) >= 11 is 0. The van der Waals surface area contributed by atoms with Crippen molar-refractivity contribution in [1.29, 1.82) is 0 Å². The van der Waals surface area contributed by atoms with Crippen molar-refractivity contribution < 1.29 is 9.21 Å². The van der Waals surface area contributed by atoms with Crippen molar-refractivity contribution in [2.24, 2.45) is 5.73 Å². The number of pyridine rings is 1. The lowest BCUT2D eigenvalue weighted by Gasteiger charge is -2.37. The van der Waals surface area contributed by atoms with E-state index in [-0.39, 0.29) is 24.2 Å². The van der Waals surface area contributed by atoms with E-state index in [9.17, 15) is 4.79 Å². The van der Waals surface area contributed by atoms with Crippen molar-refractivity contribution in [2.45, 2.75) is 50.7 Å². The van der Waals surface area contributed by atoms with Gasteiger partial charge in [0.05, 0.1) is 6.20 Å². The van der Waals surface area contributed by atoms with Crippen LogP contribution in [0.3, 0.4) is 0 Å².